The number of methoxy groups -OCH3 is 1. The van der Waals surface area contributed by atoms with Crippen LogP contribution in [0.15, 0.2) is 36.4 Å². The zero-order valence-corrected chi connectivity index (χ0v) is 17.3. The highest BCUT2D eigenvalue weighted by molar-refractivity contribution is 6.08. The fraction of sp³-hybridized carbons (Fsp3) is 0.417. The Hall–Kier alpha value is -2.14. The second-order valence-electron chi connectivity index (χ2n) is 7.12. The molecule has 0 unspecified atom stereocenters. The average molecular weight is 383 g/mol. The fourth-order valence-electron chi connectivity index (χ4n) is 3.45. The highest BCUT2D eigenvalue weighted by Crippen LogP contribution is 2.38. The second kappa shape index (κ2) is 9.87. The Kier molecular flexibility index (Phi) is 7.26. The molecule has 0 saturated carbocycles. The van der Waals surface area contributed by atoms with E-state index in [0.29, 0.717) is 39.6 Å². The van der Waals surface area contributed by atoms with E-state index in [9.17, 15) is 0 Å². The van der Waals surface area contributed by atoms with Crippen LogP contribution >= 0.6 is 0 Å². The van der Waals surface area contributed by atoms with Gasteiger partial charge in [-0.15, -0.1) is 0 Å². The summed E-state index contributed by atoms with van der Waals surface area (Å²) in [6, 6.07) is 13.1. The van der Waals surface area contributed by atoms with Crippen LogP contribution in [0.5, 0.6) is 5.75 Å². The number of benzene rings is 3. The third-order valence-electron chi connectivity index (χ3n) is 4.93. The molecule has 0 bridgehead atoms. The van der Waals surface area contributed by atoms with Crippen LogP contribution in [0.3, 0.4) is 0 Å². The van der Waals surface area contributed by atoms with Crippen LogP contribution in [-0.4, -0.2) is 46.8 Å². The first-order valence-electron chi connectivity index (χ1n) is 9.82. The molecular weight excluding hydrogens is 352 g/mol. The van der Waals surface area contributed by atoms with E-state index < -0.39 is 0 Å². The maximum absolute atomic E-state index is 6.24. The van der Waals surface area contributed by atoms with E-state index in [-0.39, 0.29) is 0 Å². The number of aryl methyl sites for hydroxylation is 3. The van der Waals surface area contributed by atoms with Crippen molar-refractivity contribution in [3.8, 4) is 5.75 Å². The van der Waals surface area contributed by atoms with Gasteiger partial charge in [-0.3, -0.25) is 0 Å². The van der Waals surface area contributed by atoms with Gasteiger partial charge in [0.2, 0.25) is 0 Å². The lowest BCUT2D eigenvalue weighted by Crippen LogP contribution is -2.12. The zero-order valence-electron chi connectivity index (χ0n) is 17.3. The van der Waals surface area contributed by atoms with Crippen molar-refractivity contribution < 1.29 is 18.9 Å². The van der Waals surface area contributed by atoms with Gasteiger partial charge in [0, 0.05) is 17.9 Å². The summed E-state index contributed by atoms with van der Waals surface area (Å²) in [4.78, 5) is 0. The first kappa shape index (κ1) is 20.6. The monoisotopic (exact) mass is 382 g/mol. The number of hydrogen-bond acceptors (Lipinski definition) is 4. The van der Waals surface area contributed by atoms with Gasteiger partial charge in [-0.05, 0) is 43.2 Å². The van der Waals surface area contributed by atoms with E-state index >= 15 is 0 Å². The Morgan fingerprint density at radius 1 is 0.607 bits per heavy atom. The third kappa shape index (κ3) is 4.82. The van der Waals surface area contributed by atoms with E-state index in [1.54, 1.807) is 7.11 Å². The SMILES string of the molecule is COCCOCCOCCOc1c2ccc(C)cc2c(C)c2ccc(C)cc12. The lowest BCUT2D eigenvalue weighted by molar-refractivity contribution is 0.0182. The van der Waals surface area contributed by atoms with Gasteiger partial charge >= 0.3 is 0 Å². The van der Waals surface area contributed by atoms with E-state index in [4.69, 9.17) is 18.9 Å². The summed E-state index contributed by atoms with van der Waals surface area (Å²) in [5.41, 5.74) is 3.78. The molecule has 0 N–H and O–H groups in total. The average Bonchev–Trinajstić information content (AvgIpc) is 2.69. The van der Waals surface area contributed by atoms with Crippen LogP contribution in [-0.2, 0) is 14.2 Å². The summed E-state index contributed by atoms with van der Waals surface area (Å²) in [6.45, 7) is 9.79. The lowest BCUT2D eigenvalue weighted by atomic mass is 9.94. The summed E-state index contributed by atoms with van der Waals surface area (Å²) < 4.78 is 22.2. The summed E-state index contributed by atoms with van der Waals surface area (Å²) in [7, 11) is 1.67. The first-order valence-corrected chi connectivity index (χ1v) is 9.82. The Morgan fingerprint density at radius 3 is 1.86 bits per heavy atom. The summed E-state index contributed by atoms with van der Waals surface area (Å²) >= 11 is 0. The maximum atomic E-state index is 6.24. The molecule has 4 heteroatoms. The Balaban J connectivity index is 1.74. The minimum absolute atomic E-state index is 0.507. The van der Waals surface area contributed by atoms with Crippen molar-refractivity contribution in [1.82, 2.24) is 0 Å². The van der Waals surface area contributed by atoms with E-state index in [2.05, 4.69) is 57.2 Å². The lowest BCUT2D eigenvalue weighted by Gasteiger charge is -2.17. The molecule has 0 atom stereocenters. The van der Waals surface area contributed by atoms with Gasteiger partial charge in [0.15, 0.2) is 0 Å². The molecule has 0 radical (unpaired) electrons. The van der Waals surface area contributed by atoms with Crippen LogP contribution < -0.4 is 4.74 Å². The van der Waals surface area contributed by atoms with Crippen molar-refractivity contribution >= 4 is 21.5 Å². The molecule has 3 aromatic rings. The molecule has 3 aromatic carbocycles. The molecule has 0 aromatic heterocycles. The number of ether oxygens (including phenoxy) is 4. The van der Waals surface area contributed by atoms with E-state index in [1.807, 2.05) is 0 Å². The normalized spacial score (nSPS) is 11.4. The van der Waals surface area contributed by atoms with Crippen molar-refractivity contribution in [2.24, 2.45) is 0 Å². The topological polar surface area (TPSA) is 36.9 Å². The van der Waals surface area contributed by atoms with Crippen LogP contribution in [0.25, 0.3) is 21.5 Å². The summed E-state index contributed by atoms with van der Waals surface area (Å²) in [5, 5.41) is 4.81. The fourth-order valence-corrected chi connectivity index (χ4v) is 3.45. The van der Waals surface area contributed by atoms with Crippen LogP contribution in [0.4, 0.5) is 0 Å². The van der Waals surface area contributed by atoms with Crippen molar-refractivity contribution in [2.75, 3.05) is 46.8 Å². The van der Waals surface area contributed by atoms with Crippen LogP contribution in [0.1, 0.15) is 16.7 Å². The molecule has 3 rings (SSSR count). The Morgan fingerprint density at radius 2 is 1.18 bits per heavy atom. The van der Waals surface area contributed by atoms with Crippen molar-refractivity contribution in [1.29, 1.82) is 0 Å². The molecule has 0 spiro atoms. The van der Waals surface area contributed by atoms with E-state index in [0.717, 1.165) is 16.5 Å². The minimum atomic E-state index is 0.507. The third-order valence-corrected chi connectivity index (χ3v) is 4.93. The predicted molar refractivity (Wildman–Crippen MR) is 115 cm³/mol. The van der Waals surface area contributed by atoms with Crippen molar-refractivity contribution in [2.45, 2.75) is 20.8 Å². The molecule has 150 valence electrons. The van der Waals surface area contributed by atoms with Gasteiger partial charge in [0.25, 0.3) is 0 Å². The van der Waals surface area contributed by atoms with Crippen LogP contribution in [0, 0.1) is 20.8 Å². The smallest absolute Gasteiger partial charge is 0.135 e. The van der Waals surface area contributed by atoms with Crippen molar-refractivity contribution in [3.63, 3.8) is 0 Å². The molecule has 0 fully saturated rings. The molecule has 0 heterocycles. The van der Waals surface area contributed by atoms with Gasteiger partial charge in [-0.25, -0.2) is 0 Å². The van der Waals surface area contributed by atoms with Gasteiger partial charge in [-0.2, -0.15) is 0 Å². The first-order chi connectivity index (χ1) is 13.6. The summed E-state index contributed by atoms with van der Waals surface area (Å²) in [5.74, 6) is 0.944. The Labute approximate surface area is 167 Å². The van der Waals surface area contributed by atoms with Gasteiger partial charge in [0.1, 0.15) is 12.4 Å². The standard InChI is InChI=1S/C24H30O4/c1-17-6-8-21-22(15-17)19(3)20-7-5-18(2)16-23(20)24(21)28-14-13-27-12-11-26-10-9-25-4/h5-8,15-16H,9-14H2,1-4H3. The molecule has 0 aliphatic carbocycles. The molecule has 0 aliphatic rings. The van der Waals surface area contributed by atoms with Gasteiger partial charge in [-0.1, -0.05) is 41.5 Å². The van der Waals surface area contributed by atoms with E-state index in [1.165, 1.54) is 27.5 Å². The van der Waals surface area contributed by atoms with Gasteiger partial charge in [0.05, 0.1) is 33.0 Å². The highest BCUT2D eigenvalue weighted by atomic mass is 16.6. The quantitative estimate of drug-likeness (QED) is 0.366. The molecule has 0 amide bonds. The maximum Gasteiger partial charge on any atom is 0.135 e. The number of rotatable bonds is 10. The zero-order chi connectivity index (χ0) is 19.9. The van der Waals surface area contributed by atoms with Gasteiger partial charge < -0.3 is 18.9 Å². The van der Waals surface area contributed by atoms with Crippen molar-refractivity contribution in [3.05, 3.63) is 53.1 Å². The Bertz CT molecular complexity index is 933. The molecule has 0 aliphatic heterocycles. The predicted octanol–water partition coefficient (Wildman–Crippen LogP) is 4.98. The molecule has 28 heavy (non-hydrogen) atoms. The second-order valence-corrected chi connectivity index (χ2v) is 7.12. The number of hydrogen-bond donors (Lipinski definition) is 0. The number of fused-ring (bicyclic) bond motifs is 2. The largest absolute Gasteiger partial charge is 0.490 e. The minimum Gasteiger partial charge on any atom is -0.490 e. The molecular formula is C24H30O4. The molecule has 0 saturated heterocycles. The van der Waals surface area contributed by atoms with Crippen LogP contribution in [0.2, 0.25) is 0 Å². The summed E-state index contributed by atoms with van der Waals surface area (Å²) in [6.07, 6.45) is 0. The molecule has 4 nitrogen and oxygen atoms in total. The highest BCUT2D eigenvalue weighted by Gasteiger charge is 2.13.